The molecule has 30 heavy (non-hydrogen) atoms. The van der Waals surface area contributed by atoms with E-state index in [0.717, 1.165) is 32.1 Å². The minimum Gasteiger partial charge on any atom is -0.491 e. The Morgan fingerprint density at radius 1 is 0.867 bits per heavy atom. The molecule has 5 heteroatoms. The van der Waals surface area contributed by atoms with E-state index >= 15 is 0 Å². The Bertz CT molecular complexity index is 863. The van der Waals surface area contributed by atoms with E-state index in [2.05, 4.69) is 17.6 Å². The van der Waals surface area contributed by atoms with Gasteiger partial charge in [-0.15, -0.1) is 0 Å². The van der Waals surface area contributed by atoms with Crippen molar-refractivity contribution in [2.45, 2.75) is 64.7 Å². The van der Waals surface area contributed by atoms with E-state index in [1.165, 1.54) is 36.8 Å². The molecule has 0 spiro atoms. The molecule has 2 amide bonds. The first-order valence-corrected chi connectivity index (χ1v) is 11.1. The first-order chi connectivity index (χ1) is 14.7. The number of fused-ring (bicyclic) bond motifs is 1. The molecule has 0 bridgehead atoms. The molecule has 0 aliphatic heterocycles. The maximum atomic E-state index is 12.4. The summed E-state index contributed by atoms with van der Waals surface area (Å²) in [6, 6.07) is 13.1. The number of ether oxygens (including phenoxy) is 1. The minimum atomic E-state index is -0.703. The second-order valence-corrected chi connectivity index (χ2v) is 7.86. The highest BCUT2D eigenvalue weighted by Gasteiger charge is 2.17. The fourth-order valence-corrected chi connectivity index (χ4v) is 3.78. The molecule has 0 unspecified atom stereocenters. The molecule has 2 N–H and O–H groups in total. The molecule has 2 aromatic rings. The molecule has 160 valence electrons. The molecule has 2 aromatic carbocycles. The third-order valence-electron chi connectivity index (χ3n) is 5.45. The van der Waals surface area contributed by atoms with Gasteiger partial charge in [0.05, 0.1) is 12.3 Å². The number of unbranched alkanes of at least 4 members (excludes halogenated alkanes) is 5. The highest BCUT2D eigenvalue weighted by atomic mass is 16.5. The van der Waals surface area contributed by atoms with E-state index in [0.29, 0.717) is 23.7 Å². The first kappa shape index (κ1) is 21.9. The summed E-state index contributed by atoms with van der Waals surface area (Å²) in [4.78, 5) is 24.8. The van der Waals surface area contributed by atoms with E-state index in [1.54, 1.807) is 6.07 Å². The van der Waals surface area contributed by atoms with Gasteiger partial charge in [-0.2, -0.15) is 0 Å². The maximum Gasteiger partial charge on any atom is 0.314 e. The van der Waals surface area contributed by atoms with Gasteiger partial charge in [0, 0.05) is 5.69 Å². The molecular formula is C25H32N2O3. The lowest BCUT2D eigenvalue weighted by Crippen LogP contribution is -2.29. The van der Waals surface area contributed by atoms with Gasteiger partial charge in [0.2, 0.25) is 0 Å². The predicted molar refractivity (Wildman–Crippen MR) is 121 cm³/mol. The Balaban J connectivity index is 1.49. The van der Waals surface area contributed by atoms with Crippen LogP contribution in [0.3, 0.4) is 0 Å². The van der Waals surface area contributed by atoms with Crippen molar-refractivity contribution in [3.63, 3.8) is 0 Å². The second kappa shape index (κ2) is 11.4. The summed E-state index contributed by atoms with van der Waals surface area (Å²) in [6.07, 6.45) is 10.4. The van der Waals surface area contributed by atoms with Gasteiger partial charge in [-0.05, 0) is 61.1 Å². The topological polar surface area (TPSA) is 67.4 Å². The van der Waals surface area contributed by atoms with Crippen LogP contribution in [-0.4, -0.2) is 18.4 Å². The average Bonchev–Trinajstić information content (AvgIpc) is 3.22. The van der Waals surface area contributed by atoms with Gasteiger partial charge in [0.1, 0.15) is 5.75 Å². The smallest absolute Gasteiger partial charge is 0.314 e. The van der Waals surface area contributed by atoms with E-state index in [-0.39, 0.29) is 0 Å². The van der Waals surface area contributed by atoms with Crippen LogP contribution in [0.1, 0.15) is 63.0 Å². The molecule has 3 rings (SSSR count). The molecule has 0 saturated carbocycles. The van der Waals surface area contributed by atoms with Gasteiger partial charge in [0.25, 0.3) is 0 Å². The molecule has 0 saturated heterocycles. The number of para-hydroxylation sites is 2. The molecule has 0 radical (unpaired) electrons. The van der Waals surface area contributed by atoms with Gasteiger partial charge < -0.3 is 15.4 Å². The Morgan fingerprint density at radius 3 is 2.47 bits per heavy atom. The number of benzene rings is 2. The number of aryl methyl sites for hydroxylation is 2. The predicted octanol–water partition coefficient (Wildman–Crippen LogP) is 5.49. The monoisotopic (exact) mass is 408 g/mol. The van der Waals surface area contributed by atoms with Crippen LogP contribution in [0.2, 0.25) is 0 Å². The summed E-state index contributed by atoms with van der Waals surface area (Å²) in [7, 11) is 0. The third kappa shape index (κ3) is 6.34. The second-order valence-electron chi connectivity index (χ2n) is 7.86. The van der Waals surface area contributed by atoms with Crippen LogP contribution in [0.25, 0.3) is 0 Å². The molecule has 5 nitrogen and oxygen atoms in total. The van der Waals surface area contributed by atoms with E-state index in [1.807, 2.05) is 36.4 Å². The third-order valence-corrected chi connectivity index (χ3v) is 5.45. The summed E-state index contributed by atoms with van der Waals surface area (Å²) < 4.78 is 5.85. The summed E-state index contributed by atoms with van der Waals surface area (Å²) >= 11 is 0. The Morgan fingerprint density at radius 2 is 1.60 bits per heavy atom. The van der Waals surface area contributed by atoms with Crippen molar-refractivity contribution >= 4 is 23.2 Å². The highest BCUT2D eigenvalue weighted by molar-refractivity contribution is 6.43. The zero-order valence-electron chi connectivity index (χ0n) is 17.8. The lowest BCUT2D eigenvalue weighted by molar-refractivity contribution is -0.133. The van der Waals surface area contributed by atoms with Crippen LogP contribution < -0.4 is 15.4 Å². The van der Waals surface area contributed by atoms with Gasteiger partial charge in [-0.25, -0.2) is 0 Å². The van der Waals surface area contributed by atoms with Crippen LogP contribution in [0.5, 0.6) is 5.75 Å². The molecular weight excluding hydrogens is 376 g/mol. The number of nitrogens with one attached hydrogen (secondary N) is 2. The van der Waals surface area contributed by atoms with Crippen LogP contribution in [0, 0.1) is 0 Å². The number of amides is 2. The van der Waals surface area contributed by atoms with Crippen LogP contribution in [-0.2, 0) is 22.4 Å². The zero-order valence-corrected chi connectivity index (χ0v) is 17.8. The van der Waals surface area contributed by atoms with Crippen molar-refractivity contribution in [3.8, 4) is 5.75 Å². The molecule has 1 aliphatic carbocycles. The summed E-state index contributed by atoms with van der Waals surface area (Å²) in [5.74, 6) is -0.797. The van der Waals surface area contributed by atoms with Gasteiger partial charge in [-0.3, -0.25) is 9.59 Å². The van der Waals surface area contributed by atoms with Crippen molar-refractivity contribution in [1.82, 2.24) is 0 Å². The number of hydrogen-bond donors (Lipinski definition) is 2. The van der Waals surface area contributed by atoms with Crippen molar-refractivity contribution in [3.05, 3.63) is 53.6 Å². The number of anilines is 2. The zero-order chi connectivity index (χ0) is 21.2. The summed E-state index contributed by atoms with van der Waals surface area (Å²) in [5.41, 5.74) is 3.75. The van der Waals surface area contributed by atoms with E-state index in [9.17, 15) is 9.59 Å². The number of carbonyl (C=O) groups excluding carboxylic acids is 2. The largest absolute Gasteiger partial charge is 0.491 e. The van der Waals surface area contributed by atoms with Crippen LogP contribution >= 0.6 is 0 Å². The summed E-state index contributed by atoms with van der Waals surface area (Å²) in [5, 5.41) is 5.37. The van der Waals surface area contributed by atoms with Crippen LogP contribution in [0.15, 0.2) is 42.5 Å². The van der Waals surface area contributed by atoms with E-state index in [4.69, 9.17) is 4.74 Å². The number of hydrogen-bond acceptors (Lipinski definition) is 3. The number of rotatable bonds is 10. The molecule has 0 heterocycles. The Labute approximate surface area is 179 Å². The quantitative estimate of drug-likeness (QED) is 0.403. The first-order valence-electron chi connectivity index (χ1n) is 11.1. The Hall–Kier alpha value is -2.82. The highest BCUT2D eigenvalue weighted by Crippen LogP contribution is 2.26. The number of carbonyl (C=O) groups is 2. The van der Waals surface area contributed by atoms with Crippen molar-refractivity contribution < 1.29 is 14.3 Å². The maximum absolute atomic E-state index is 12.4. The molecule has 1 aliphatic rings. The molecule has 0 atom stereocenters. The standard InChI is InChI=1S/C25H32N2O3/c1-2-3-4-5-6-9-17-30-23-14-8-7-13-22(23)27-25(29)24(28)26-21-16-15-19-11-10-12-20(19)18-21/h7-8,13-16,18H,2-6,9-12,17H2,1H3,(H,26,28)(H,27,29). The normalized spacial score (nSPS) is 12.3. The average molecular weight is 409 g/mol. The SMILES string of the molecule is CCCCCCCCOc1ccccc1NC(=O)C(=O)Nc1ccc2c(c1)CCC2. The van der Waals surface area contributed by atoms with Crippen molar-refractivity contribution in [2.75, 3.05) is 17.2 Å². The summed E-state index contributed by atoms with van der Waals surface area (Å²) in [6.45, 7) is 2.81. The van der Waals surface area contributed by atoms with Crippen molar-refractivity contribution in [2.24, 2.45) is 0 Å². The lowest BCUT2D eigenvalue weighted by atomic mass is 10.1. The Kier molecular flexibility index (Phi) is 8.30. The minimum absolute atomic E-state index is 0.512. The lowest BCUT2D eigenvalue weighted by Gasteiger charge is -2.13. The van der Waals surface area contributed by atoms with Crippen molar-refractivity contribution in [1.29, 1.82) is 0 Å². The van der Waals surface area contributed by atoms with Gasteiger partial charge in [-0.1, -0.05) is 57.2 Å². The molecule has 0 fully saturated rings. The van der Waals surface area contributed by atoms with Gasteiger partial charge in [0.15, 0.2) is 0 Å². The fraction of sp³-hybridized carbons (Fsp3) is 0.440. The van der Waals surface area contributed by atoms with E-state index < -0.39 is 11.8 Å². The van der Waals surface area contributed by atoms with Gasteiger partial charge >= 0.3 is 11.8 Å². The fourth-order valence-electron chi connectivity index (χ4n) is 3.78. The molecule has 0 aromatic heterocycles. The van der Waals surface area contributed by atoms with Crippen LogP contribution in [0.4, 0.5) is 11.4 Å².